The highest BCUT2D eigenvalue weighted by Gasteiger charge is 2.27. The number of nitrogens with zero attached hydrogens (tertiary/aromatic N) is 2. The Balaban J connectivity index is 0.00000312. The molecule has 1 aliphatic rings. The Morgan fingerprint density at radius 2 is 1.88 bits per heavy atom. The molecule has 1 amide bonds. The van der Waals surface area contributed by atoms with Gasteiger partial charge in [-0.25, -0.2) is 12.7 Å². The maximum absolute atomic E-state index is 12.7. The normalized spacial score (nSPS) is 19.4. The fraction of sp³-hybridized carbons (Fsp3) is 0.588. The molecule has 1 heterocycles. The van der Waals surface area contributed by atoms with Gasteiger partial charge in [-0.15, -0.1) is 12.4 Å². The molecular weight excluding hydrogens is 362 g/mol. The molecule has 0 aromatic heterocycles. The highest BCUT2D eigenvalue weighted by atomic mass is 35.5. The monoisotopic (exact) mass is 389 g/mol. The lowest BCUT2D eigenvalue weighted by Crippen LogP contribution is -2.48. The number of benzene rings is 1. The van der Waals surface area contributed by atoms with E-state index < -0.39 is 10.0 Å². The zero-order valence-electron chi connectivity index (χ0n) is 15.2. The molecule has 25 heavy (non-hydrogen) atoms. The van der Waals surface area contributed by atoms with Crippen molar-refractivity contribution in [3.8, 4) is 0 Å². The summed E-state index contributed by atoms with van der Waals surface area (Å²) < 4.78 is 25.4. The lowest BCUT2D eigenvalue weighted by atomic mass is 9.97. The van der Waals surface area contributed by atoms with Gasteiger partial charge in [-0.2, -0.15) is 0 Å². The molecule has 2 rings (SSSR count). The Morgan fingerprint density at radius 3 is 2.40 bits per heavy atom. The van der Waals surface area contributed by atoms with Crippen LogP contribution in [0.1, 0.15) is 31.2 Å². The van der Waals surface area contributed by atoms with E-state index in [-0.39, 0.29) is 29.1 Å². The molecule has 142 valence electrons. The smallest absolute Gasteiger partial charge is 0.242 e. The summed E-state index contributed by atoms with van der Waals surface area (Å²) >= 11 is 0. The maximum Gasteiger partial charge on any atom is 0.242 e. The number of hydrogen-bond acceptors (Lipinski definition) is 4. The van der Waals surface area contributed by atoms with Crippen LogP contribution in [0.25, 0.3) is 0 Å². The SMILES string of the molecule is CNC1CCCN(C(=O)C(C)c2ccc(S(=O)(=O)N(C)C)cc2)C1.Cl. The maximum atomic E-state index is 12.7. The van der Waals surface area contributed by atoms with Gasteiger partial charge in [-0.3, -0.25) is 4.79 Å². The summed E-state index contributed by atoms with van der Waals surface area (Å²) in [6, 6.07) is 6.96. The minimum Gasteiger partial charge on any atom is -0.341 e. The third-order valence-electron chi connectivity index (χ3n) is 4.67. The molecule has 0 saturated carbocycles. The molecule has 0 spiro atoms. The van der Waals surface area contributed by atoms with Crippen LogP contribution >= 0.6 is 12.4 Å². The predicted octanol–water partition coefficient (Wildman–Crippen LogP) is 1.67. The fourth-order valence-electron chi connectivity index (χ4n) is 2.97. The van der Waals surface area contributed by atoms with Gasteiger partial charge in [0.25, 0.3) is 0 Å². The molecule has 1 aromatic rings. The standard InChI is InChI=1S/C17H27N3O3S.ClH/c1-13(17(21)20-11-5-6-15(12-20)18-2)14-7-9-16(10-8-14)24(22,23)19(3)4;/h7-10,13,15,18H,5-6,11-12H2,1-4H3;1H. The number of amides is 1. The summed E-state index contributed by atoms with van der Waals surface area (Å²) in [5, 5.41) is 3.24. The Bertz CT molecular complexity index is 677. The number of piperidine rings is 1. The van der Waals surface area contributed by atoms with Gasteiger partial charge in [0.05, 0.1) is 10.8 Å². The van der Waals surface area contributed by atoms with Crippen molar-refractivity contribution in [3.63, 3.8) is 0 Å². The second-order valence-corrected chi connectivity index (χ2v) is 8.64. The minimum absolute atomic E-state index is 0. The second kappa shape index (κ2) is 8.98. The molecule has 1 N–H and O–H groups in total. The van der Waals surface area contributed by atoms with Crippen LogP contribution in [0, 0.1) is 0 Å². The number of carbonyl (C=O) groups excluding carboxylic acids is 1. The summed E-state index contributed by atoms with van der Waals surface area (Å²) in [6.07, 6.45) is 2.09. The van der Waals surface area contributed by atoms with Crippen LogP contribution in [-0.2, 0) is 14.8 Å². The van der Waals surface area contributed by atoms with Crippen LogP contribution in [0.3, 0.4) is 0 Å². The van der Waals surface area contributed by atoms with Gasteiger partial charge in [-0.1, -0.05) is 12.1 Å². The molecule has 1 aromatic carbocycles. The first-order chi connectivity index (χ1) is 11.3. The van der Waals surface area contributed by atoms with Gasteiger partial charge in [0.1, 0.15) is 0 Å². The number of halogens is 1. The molecule has 6 nitrogen and oxygen atoms in total. The fourth-order valence-corrected chi connectivity index (χ4v) is 3.87. The van der Waals surface area contributed by atoms with Crippen molar-refractivity contribution >= 4 is 28.3 Å². The first-order valence-corrected chi connectivity index (χ1v) is 9.70. The number of hydrogen-bond donors (Lipinski definition) is 1. The molecule has 0 aliphatic carbocycles. The molecule has 1 fully saturated rings. The van der Waals surface area contributed by atoms with E-state index >= 15 is 0 Å². The van der Waals surface area contributed by atoms with Crippen molar-refractivity contribution in [2.45, 2.75) is 36.6 Å². The van der Waals surface area contributed by atoms with E-state index in [0.717, 1.165) is 31.5 Å². The molecule has 0 radical (unpaired) electrons. The quantitative estimate of drug-likeness (QED) is 0.831. The summed E-state index contributed by atoms with van der Waals surface area (Å²) in [5.41, 5.74) is 0.837. The van der Waals surface area contributed by atoms with Crippen LogP contribution in [0.4, 0.5) is 0 Å². The molecule has 2 unspecified atom stereocenters. The molecular formula is C17H28ClN3O3S. The van der Waals surface area contributed by atoms with Crippen LogP contribution in [0.5, 0.6) is 0 Å². The van der Waals surface area contributed by atoms with Gasteiger partial charge < -0.3 is 10.2 Å². The topological polar surface area (TPSA) is 69.7 Å². The van der Waals surface area contributed by atoms with Crippen LogP contribution < -0.4 is 5.32 Å². The third-order valence-corrected chi connectivity index (χ3v) is 6.50. The van der Waals surface area contributed by atoms with E-state index in [9.17, 15) is 13.2 Å². The lowest BCUT2D eigenvalue weighted by molar-refractivity contribution is -0.133. The summed E-state index contributed by atoms with van der Waals surface area (Å²) in [4.78, 5) is 14.9. The van der Waals surface area contributed by atoms with E-state index in [0.29, 0.717) is 6.04 Å². The molecule has 8 heteroatoms. The minimum atomic E-state index is -3.44. The van der Waals surface area contributed by atoms with Crippen molar-refractivity contribution in [1.82, 2.24) is 14.5 Å². The van der Waals surface area contributed by atoms with Gasteiger partial charge in [0.2, 0.25) is 15.9 Å². The molecule has 0 bridgehead atoms. The van der Waals surface area contributed by atoms with E-state index in [4.69, 9.17) is 0 Å². The van der Waals surface area contributed by atoms with Gasteiger partial charge >= 0.3 is 0 Å². The average molecular weight is 390 g/mol. The van der Waals surface area contributed by atoms with Crippen molar-refractivity contribution in [1.29, 1.82) is 0 Å². The Labute approximate surface area is 157 Å². The number of likely N-dealkylation sites (N-methyl/N-ethyl adjacent to an activating group) is 1. The Hall–Kier alpha value is -1.15. The van der Waals surface area contributed by atoms with Crippen LogP contribution in [0.2, 0.25) is 0 Å². The lowest BCUT2D eigenvalue weighted by Gasteiger charge is -2.34. The molecule has 2 atom stereocenters. The van der Waals surface area contributed by atoms with Gasteiger partial charge in [0, 0.05) is 33.2 Å². The zero-order chi connectivity index (χ0) is 17.9. The summed E-state index contributed by atoms with van der Waals surface area (Å²) in [6.45, 7) is 3.39. The van der Waals surface area contributed by atoms with Crippen molar-refractivity contribution < 1.29 is 13.2 Å². The zero-order valence-corrected chi connectivity index (χ0v) is 16.9. The second-order valence-electron chi connectivity index (χ2n) is 6.49. The Kier molecular flexibility index (Phi) is 7.87. The summed E-state index contributed by atoms with van der Waals surface area (Å²) in [5.74, 6) is -0.185. The first-order valence-electron chi connectivity index (χ1n) is 8.26. The number of likely N-dealkylation sites (tertiary alicyclic amines) is 1. The van der Waals surface area contributed by atoms with E-state index in [1.807, 2.05) is 18.9 Å². The highest BCUT2D eigenvalue weighted by Crippen LogP contribution is 2.23. The summed E-state index contributed by atoms with van der Waals surface area (Å²) in [7, 11) is 1.49. The number of carbonyl (C=O) groups is 1. The highest BCUT2D eigenvalue weighted by molar-refractivity contribution is 7.89. The van der Waals surface area contributed by atoms with Gasteiger partial charge in [0.15, 0.2) is 0 Å². The number of sulfonamides is 1. The molecule has 1 saturated heterocycles. The third kappa shape index (κ3) is 4.94. The van der Waals surface area contributed by atoms with E-state index in [2.05, 4.69) is 5.32 Å². The Morgan fingerprint density at radius 1 is 1.28 bits per heavy atom. The van der Waals surface area contributed by atoms with Crippen LogP contribution in [-0.4, -0.2) is 63.8 Å². The van der Waals surface area contributed by atoms with Crippen molar-refractivity contribution in [2.24, 2.45) is 0 Å². The first kappa shape index (κ1) is 21.9. The van der Waals surface area contributed by atoms with E-state index in [1.54, 1.807) is 24.3 Å². The predicted molar refractivity (Wildman–Crippen MR) is 102 cm³/mol. The largest absolute Gasteiger partial charge is 0.341 e. The van der Waals surface area contributed by atoms with Crippen LogP contribution in [0.15, 0.2) is 29.2 Å². The number of rotatable bonds is 5. The average Bonchev–Trinajstić information content (AvgIpc) is 2.60. The van der Waals surface area contributed by atoms with Crippen molar-refractivity contribution in [2.75, 3.05) is 34.2 Å². The number of nitrogens with one attached hydrogen (secondary N) is 1. The molecule has 1 aliphatic heterocycles. The van der Waals surface area contributed by atoms with Gasteiger partial charge in [-0.05, 0) is 44.5 Å². The van der Waals surface area contributed by atoms with Crippen molar-refractivity contribution in [3.05, 3.63) is 29.8 Å². The van der Waals surface area contributed by atoms with E-state index in [1.165, 1.54) is 18.4 Å².